The fourth-order valence-electron chi connectivity index (χ4n) is 1.16. The number of hydrogen-bond donors (Lipinski definition) is 2. The lowest BCUT2D eigenvalue weighted by atomic mass is 10.4. The Hall–Kier alpha value is -1.69. The van der Waals surface area contributed by atoms with Crippen LogP contribution >= 0.6 is 0 Å². The van der Waals surface area contributed by atoms with Crippen molar-refractivity contribution in [3.63, 3.8) is 0 Å². The summed E-state index contributed by atoms with van der Waals surface area (Å²) in [6, 6.07) is 0. The van der Waals surface area contributed by atoms with Crippen LogP contribution in [0.2, 0.25) is 0 Å². The highest BCUT2D eigenvalue weighted by Gasteiger charge is 2.05. The number of rotatable bonds is 2. The maximum absolute atomic E-state index is 11.2. The van der Waals surface area contributed by atoms with E-state index in [2.05, 4.69) is 15.1 Å². The normalized spacial score (nSPS) is 10.8. The highest BCUT2D eigenvalue weighted by Crippen LogP contribution is 2.02. The molecule has 0 radical (unpaired) electrons. The van der Waals surface area contributed by atoms with E-state index in [0.29, 0.717) is 17.6 Å². The maximum atomic E-state index is 11.2. The van der Waals surface area contributed by atoms with E-state index in [9.17, 15) is 4.79 Å². The van der Waals surface area contributed by atoms with Crippen LogP contribution in [0.3, 0.4) is 0 Å². The average Bonchev–Trinajstić information content (AvgIpc) is 2.51. The molecule has 13 heavy (non-hydrogen) atoms. The van der Waals surface area contributed by atoms with Gasteiger partial charge in [-0.3, -0.25) is 4.79 Å². The molecular formula is C7H8N4O2. The second-order valence-corrected chi connectivity index (χ2v) is 2.56. The fourth-order valence-corrected chi connectivity index (χ4v) is 1.16. The zero-order valence-corrected chi connectivity index (χ0v) is 6.77. The molecule has 0 aliphatic heterocycles. The van der Waals surface area contributed by atoms with Crippen molar-refractivity contribution >= 4 is 11.0 Å². The lowest BCUT2D eigenvalue weighted by molar-refractivity contribution is 0.271. The Morgan fingerprint density at radius 3 is 3.23 bits per heavy atom. The summed E-state index contributed by atoms with van der Waals surface area (Å²) in [6.45, 7) is 0.325. The average molecular weight is 180 g/mol. The van der Waals surface area contributed by atoms with Gasteiger partial charge in [0.2, 0.25) is 0 Å². The number of aromatic amines is 1. The third-order valence-corrected chi connectivity index (χ3v) is 1.75. The number of nitrogens with one attached hydrogen (secondary N) is 1. The van der Waals surface area contributed by atoms with Crippen molar-refractivity contribution in [1.29, 1.82) is 0 Å². The lowest BCUT2D eigenvalue weighted by Gasteiger charge is -1.97. The van der Waals surface area contributed by atoms with Gasteiger partial charge in [-0.2, -0.15) is 5.10 Å². The van der Waals surface area contributed by atoms with E-state index in [4.69, 9.17) is 5.11 Å². The van der Waals surface area contributed by atoms with Crippen LogP contribution in [-0.4, -0.2) is 31.5 Å². The van der Waals surface area contributed by atoms with Crippen molar-refractivity contribution in [2.24, 2.45) is 0 Å². The monoisotopic (exact) mass is 180 g/mol. The summed E-state index contributed by atoms with van der Waals surface area (Å²) in [5, 5.41) is 13.1. The molecule has 2 aromatic heterocycles. The van der Waals surface area contributed by atoms with Gasteiger partial charge in [0, 0.05) is 0 Å². The highest BCUT2D eigenvalue weighted by atomic mass is 16.3. The van der Waals surface area contributed by atoms with Gasteiger partial charge >= 0.3 is 0 Å². The van der Waals surface area contributed by atoms with Crippen molar-refractivity contribution < 1.29 is 5.11 Å². The van der Waals surface area contributed by atoms with Crippen LogP contribution in [0.1, 0.15) is 0 Å². The molecular weight excluding hydrogens is 172 g/mol. The highest BCUT2D eigenvalue weighted by molar-refractivity contribution is 5.72. The molecule has 0 unspecified atom stereocenters. The first kappa shape index (κ1) is 7.93. The molecule has 0 aliphatic carbocycles. The van der Waals surface area contributed by atoms with Crippen LogP contribution in [0.5, 0.6) is 0 Å². The number of aliphatic hydroxyl groups excluding tert-OH is 1. The van der Waals surface area contributed by atoms with Gasteiger partial charge in [-0.05, 0) is 0 Å². The SMILES string of the molecule is O=c1[nH]cnc2c1cnn2CCO. The van der Waals surface area contributed by atoms with E-state index < -0.39 is 0 Å². The number of fused-ring (bicyclic) bond motifs is 1. The van der Waals surface area contributed by atoms with Crippen molar-refractivity contribution in [2.45, 2.75) is 6.54 Å². The van der Waals surface area contributed by atoms with Crippen molar-refractivity contribution in [1.82, 2.24) is 19.7 Å². The van der Waals surface area contributed by atoms with Crippen molar-refractivity contribution in [3.05, 3.63) is 22.9 Å². The van der Waals surface area contributed by atoms with Gasteiger partial charge in [-0.25, -0.2) is 9.67 Å². The largest absolute Gasteiger partial charge is 0.394 e. The molecule has 6 heteroatoms. The summed E-state index contributed by atoms with van der Waals surface area (Å²) in [4.78, 5) is 17.6. The van der Waals surface area contributed by atoms with Gasteiger partial charge in [-0.15, -0.1) is 0 Å². The van der Waals surface area contributed by atoms with Crippen LogP contribution < -0.4 is 5.56 Å². The van der Waals surface area contributed by atoms with Gasteiger partial charge in [0.15, 0.2) is 5.65 Å². The Labute approximate surface area is 72.8 Å². The fraction of sp³-hybridized carbons (Fsp3) is 0.286. The molecule has 2 heterocycles. The van der Waals surface area contributed by atoms with E-state index in [0.717, 1.165) is 0 Å². The Morgan fingerprint density at radius 1 is 1.62 bits per heavy atom. The van der Waals surface area contributed by atoms with Gasteiger partial charge in [0.1, 0.15) is 5.39 Å². The number of aliphatic hydroxyl groups is 1. The van der Waals surface area contributed by atoms with Crippen molar-refractivity contribution in [3.8, 4) is 0 Å². The van der Waals surface area contributed by atoms with Gasteiger partial charge in [-0.1, -0.05) is 0 Å². The summed E-state index contributed by atoms with van der Waals surface area (Å²) < 4.78 is 1.49. The Kier molecular flexibility index (Phi) is 1.82. The van der Waals surface area contributed by atoms with E-state index >= 15 is 0 Å². The lowest BCUT2D eigenvalue weighted by Crippen LogP contribution is -2.08. The first-order valence-corrected chi connectivity index (χ1v) is 3.83. The van der Waals surface area contributed by atoms with Crippen molar-refractivity contribution in [2.75, 3.05) is 6.61 Å². The van der Waals surface area contributed by atoms with E-state index in [1.807, 2.05) is 0 Å². The van der Waals surface area contributed by atoms with Gasteiger partial charge in [0.05, 0.1) is 25.7 Å². The van der Waals surface area contributed by atoms with Gasteiger partial charge in [0.25, 0.3) is 5.56 Å². The third kappa shape index (κ3) is 1.20. The second kappa shape index (κ2) is 2.98. The molecule has 6 nitrogen and oxygen atoms in total. The minimum atomic E-state index is -0.214. The van der Waals surface area contributed by atoms with Crippen LogP contribution in [0.15, 0.2) is 17.3 Å². The van der Waals surface area contributed by atoms with Crippen LogP contribution in [0, 0.1) is 0 Å². The number of nitrogens with zero attached hydrogens (tertiary/aromatic N) is 3. The van der Waals surface area contributed by atoms with Crippen LogP contribution in [0.25, 0.3) is 11.0 Å². The maximum Gasteiger partial charge on any atom is 0.261 e. The molecule has 2 N–H and O–H groups in total. The summed E-state index contributed by atoms with van der Waals surface area (Å²) in [5.41, 5.74) is 0.284. The number of aromatic nitrogens is 4. The molecule has 0 spiro atoms. The molecule has 2 aromatic rings. The molecule has 2 rings (SSSR count). The molecule has 0 saturated carbocycles. The standard InChI is InChI=1S/C7H8N4O2/c12-2-1-11-6-5(3-10-11)7(13)9-4-8-6/h3-4,12H,1-2H2,(H,8,9,13). The summed E-state index contributed by atoms with van der Waals surface area (Å²) >= 11 is 0. The second-order valence-electron chi connectivity index (χ2n) is 2.56. The molecule has 0 saturated heterocycles. The number of hydrogen-bond acceptors (Lipinski definition) is 4. The summed E-state index contributed by atoms with van der Waals surface area (Å²) in [6.07, 6.45) is 2.76. The molecule has 68 valence electrons. The topological polar surface area (TPSA) is 83.8 Å². The molecule has 0 fully saturated rings. The first-order chi connectivity index (χ1) is 6.33. The Balaban J connectivity index is 2.68. The molecule has 0 bridgehead atoms. The van der Waals surface area contributed by atoms with Crippen LogP contribution in [0.4, 0.5) is 0 Å². The Morgan fingerprint density at radius 2 is 2.46 bits per heavy atom. The third-order valence-electron chi connectivity index (χ3n) is 1.75. The minimum absolute atomic E-state index is 0.0226. The number of H-pyrrole nitrogens is 1. The smallest absolute Gasteiger partial charge is 0.261 e. The van der Waals surface area contributed by atoms with Crippen LogP contribution in [-0.2, 0) is 6.54 Å². The van der Waals surface area contributed by atoms with E-state index in [1.54, 1.807) is 0 Å². The molecule has 0 aliphatic rings. The zero-order chi connectivity index (χ0) is 9.26. The van der Waals surface area contributed by atoms with Gasteiger partial charge < -0.3 is 10.1 Å². The molecule has 0 aromatic carbocycles. The summed E-state index contributed by atoms with van der Waals surface area (Å²) in [7, 11) is 0. The predicted octanol–water partition coefficient (Wildman–Crippen LogP) is -0.888. The predicted molar refractivity (Wildman–Crippen MR) is 45.2 cm³/mol. The molecule has 0 atom stereocenters. The first-order valence-electron chi connectivity index (χ1n) is 3.83. The zero-order valence-electron chi connectivity index (χ0n) is 6.77. The Bertz CT molecular complexity index is 473. The minimum Gasteiger partial charge on any atom is -0.394 e. The molecule has 0 amide bonds. The summed E-state index contributed by atoms with van der Waals surface area (Å²) in [5.74, 6) is 0. The quantitative estimate of drug-likeness (QED) is 0.628. The van der Waals surface area contributed by atoms with E-state index in [-0.39, 0.29) is 12.2 Å². The van der Waals surface area contributed by atoms with E-state index in [1.165, 1.54) is 17.2 Å².